The number of aryl methyl sites for hydroxylation is 1. The fourth-order valence-corrected chi connectivity index (χ4v) is 1.97. The highest BCUT2D eigenvalue weighted by atomic mass is 16.4. The first-order valence-corrected chi connectivity index (χ1v) is 6.87. The van der Waals surface area contributed by atoms with Crippen LogP contribution in [0.4, 0.5) is 0 Å². The number of aliphatic carboxylic acids is 1. The van der Waals surface area contributed by atoms with E-state index in [0.29, 0.717) is 18.5 Å². The summed E-state index contributed by atoms with van der Waals surface area (Å²) in [5, 5.41) is 11.6. The van der Waals surface area contributed by atoms with Crippen LogP contribution in [0.2, 0.25) is 0 Å². The summed E-state index contributed by atoms with van der Waals surface area (Å²) in [6.07, 6.45) is 1.54. The molecule has 0 unspecified atom stereocenters. The van der Waals surface area contributed by atoms with Gasteiger partial charge in [0.2, 0.25) is 0 Å². The van der Waals surface area contributed by atoms with Crippen LogP contribution in [0, 0.1) is 12.3 Å². The largest absolute Gasteiger partial charge is 0.481 e. The van der Waals surface area contributed by atoms with Crippen LogP contribution in [0.3, 0.4) is 0 Å². The van der Waals surface area contributed by atoms with Crippen molar-refractivity contribution >= 4 is 11.9 Å². The molecule has 0 fully saturated rings. The molecule has 1 amide bonds. The Labute approximate surface area is 120 Å². The first-order chi connectivity index (χ1) is 9.30. The molecule has 1 rings (SSSR count). The van der Waals surface area contributed by atoms with Gasteiger partial charge >= 0.3 is 5.97 Å². The van der Waals surface area contributed by atoms with Crippen molar-refractivity contribution in [2.45, 2.75) is 40.0 Å². The Morgan fingerprint density at radius 2 is 1.95 bits per heavy atom. The lowest BCUT2D eigenvalue weighted by atomic mass is 9.84. The predicted octanol–water partition coefficient (Wildman–Crippen LogP) is 3.01. The van der Waals surface area contributed by atoms with E-state index in [9.17, 15) is 9.59 Å². The molecule has 0 heterocycles. The van der Waals surface area contributed by atoms with E-state index < -0.39 is 5.97 Å². The van der Waals surface area contributed by atoms with E-state index in [0.717, 1.165) is 12.0 Å². The third kappa shape index (κ3) is 5.87. The minimum atomic E-state index is -0.776. The molecule has 4 heteroatoms. The maximum atomic E-state index is 11.9. The summed E-state index contributed by atoms with van der Waals surface area (Å²) in [6.45, 7) is 6.55. The van der Waals surface area contributed by atoms with Crippen molar-refractivity contribution in [3.05, 3.63) is 35.4 Å². The van der Waals surface area contributed by atoms with Gasteiger partial charge in [0.1, 0.15) is 0 Å². The van der Waals surface area contributed by atoms with E-state index in [4.69, 9.17) is 5.11 Å². The van der Waals surface area contributed by atoms with Crippen LogP contribution in [0.25, 0.3) is 0 Å². The van der Waals surface area contributed by atoms with Crippen molar-refractivity contribution in [1.29, 1.82) is 0 Å². The Bertz CT molecular complexity index is 480. The number of benzene rings is 1. The first-order valence-electron chi connectivity index (χ1n) is 6.87. The summed E-state index contributed by atoms with van der Waals surface area (Å²) >= 11 is 0. The number of hydrogen-bond donors (Lipinski definition) is 2. The molecule has 0 aliphatic carbocycles. The van der Waals surface area contributed by atoms with Crippen molar-refractivity contribution in [3.63, 3.8) is 0 Å². The highest BCUT2D eigenvalue weighted by molar-refractivity contribution is 5.94. The fourth-order valence-electron chi connectivity index (χ4n) is 1.97. The second-order valence-electron chi connectivity index (χ2n) is 5.93. The lowest BCUT2D eigenvalue weighted by Gasteiger charge is -2.23. The molecule has 0 aliphatic heterocycles. The van der Waals surface area contributed by atoms with Gasteiger partial charge in [0, 0.05) is 18.5 Å². The maximum absolute atomic E-state index is 11.9. The molecule has 2 N–H and O–H groups in total. The van der Waals surface area contributed by atoms with Crippen LogP contribution in [-0.2, 0) is 4.79 Å². The number of carbonyl (C=O) groups excluding carboxylic acids is 1. The van der Waals surface area contributed by atoms with Gasteiger partial charge in [0.15, 0.2) is 0 Å². The molecule has 0 spiro atoms. The third-order valence-electron chi connectivity index (χ3n) is 3.38. The van der Waals surface area contributed by atoms with Gasteiger partial charge in [0.25, 0.3) is 5.91 Å². The van der Waals surface area contributed by atoms with Gasteiger partial charge in [0.05, 0.1) is 0 Å². The Morgan fingerprint density at radius 1 is 1.25 bits per heavy atom. The van der Waals surface area contributed by atoms with Crippen molar-refractivity contribution in [3.8, 4) is 0 Å². The van der Waals surface area contributed by atoms with Crippen LogP contribution in [0.1, 0.15) is 49.0 Å². The summed E-state index contributed by atoms with van der Waals surface area (Å²) in [5.41, 5.74) is 1.63. The normalized spacial score (nSPS) is 11.2. The van der Waals surface area contributed by atoms with E-state index in [1.807, 2.05) is 39.0 Å². The summed E-state index contributed by atoms with van der Waals surface area (Å²) in [6, 6.07) is 7.45. The van der Waals surface area contributed by atoms with Crippen LogP contribution in [0.5, 0.6) is 0 Å². The number of hydrogen-bond acceptors (Lipinski definition) is 2. The van der Waals surface area contributed by atoms with Gasteiger partial charge in [-0.15, -0.1) is 0 Å². The van der Waals surface area contributed by atoms with E-state index >= 15 is 0 Å². The van der Waals surface area contributed by atoms with Crippen LogP contribution < -0.4 is 5.32 Å². The first kappa shape index (κ1) is 16.2. The summed E-state index contributed by atoms with van der Waals surface area (Å²) in [4.78, 5) is 22.5. The molecule has 0 atom stereocenters. The average molecular weight is 277 g/mol. The summed E-state index contributed by atoms with van der Waals surface area (Å²) < 4.78 is 0. The van der Waals surface area contributed by atoms with Crippen molar-refractivity contribution in [2.75, 3.05) is 6.54 Å². The quantitative estimate of drug-likeness (QED) is 0.805. The molecule has 0 saturated heterocycles. The molecular formula is C16H23NO3. The number of nitrogens with one attached hydrogen (secondary N) is 1. The predicted molar refractivity (Wildman–Crippen MR) is 78.8 cm³/mol. The van der Waals surface area contributed by atoms with Crippen molar-refractivity contribution in [1.82, 2.24) is 5.32 Å². The van der Waals surface area contributed by atoms with Crippen molar-refractivity contribution in [2.24, 2.45) is 5.41 Å². The molecule has 1 aromatic carbocycles. The summed E-state index contributed by atoms with van der Waals surface area (Å²) in [7, 11) is 0. The van der Waals surface area contributed by atoms with E-state index in [2.05, 4.69) is 5.32 Å². The number of amides is 1. The van der Waals surface area contributed by atoms with Crippen LogP contribution >= 0.6 is 0 Å². The minimum absolute atomic E-state index is 0.0808. The summed E-state index contributed by atoms with van der Waals surface area (Å²) in [5.74, 6) is -0.857. The second-order valence-corrected chi connectivity index (χ2v) is 5.93. The zero-order chi connectivity index (χ0) is 15.2. The molecule has 0 saturated carbocycles. The number of rotatable bonds is 7. The van der Waals surface area contributed by atoms with Crippen LogP contribution in [-0.4, -0.2) is 23.5 Å². The highest BCUT2D eigenvalue weighted by Gasteiger charge is 2.19. The van der Waals surface area contributed by atoms with Crippen molar-refractivity contribution < 1.29 is 14.7 Å². The standard InChI is InChI=1S/C16H23NO3/c1-12-5-4-6-13(11-12)15(20)17-10-9-16(2,3)8-7-14(18)19/h4-6,11H,7-10H2,1-3H3,(H,17,20)(H,18,19). The number of carboxylic acids is 1. The Morgan fingerprint density at radius 3 is 2.55 bits per heavy atom. The SMILES string of the molecule is Cc1cccc(C(=O)NCCC(C)(C)CCC(=O)O)c1. The van der Waals surface area contributed by atoms with Gasteiger partial charge in [-0.2, -0.15) is 0 Å². The molecule has 20 heavy (non-hydrogen) atoms. The minimum Gasteiger partial charge on any atom is -0.481 e. The lowest BCUT2D eigenvalue weighted by molar-refractivity contribution is -0.137. The van der Waals surface area contributed by atoms with Gasteiger partial charge < -0.3 is 10.4 Å². The van der Waals surface area contributed by atoms with Gasteiger partial charge in [-0.05, 0) is 37.3 Å². The number of carbonyl (C=O) groups is 2. The number of carboxylic acid groups (broad SMARTS) is 1. The second kappa shape index (κ2) is 7.08. The Hall–Kier alpha value is -1.84. The highest BCUT2D eigenvalue weighted by Crippen LogP contribution is 2.26. The Balaban J connectivity index is 2.40. The molecular weight excluding hydrogens is 254 g/mol. The molecule has 0 aliphatic rings. The van der Waals surface area contributed by atoms with Gasteiger partial charge in [-0.25, -0.2) is 0 Å². The third-order valence-corrected chi connectivity index (χ3v) is 3.38. The monoisotopic (exact) mass is 277 g/mol. The molecule has 110 valence electrons. The lowest BCUT2D eigenvalue weighted by Crippen LogP contribution is -2.28. The molecule has 1 aromatic rings. The fraction of sp³-hybridized carbons (Fsp3) is 0.500. The Kier molecular flexibility index (Phi) is 5.74. The average Bonchev–Trinajstić information content (AvgIpc) is 2.36. The smallest absolute Gasteiger partial charge is 0.303 e. The van der Waals surface area contributed by atoms with Crippen LogP contribution in [0.15, 0.2) is 24.3 Å². The molecule has 0 bridgehead atoms. The zero-order valence-corrected chi connectivity index (χ0v) is 12.4. The van der Waals surface area contributed by atoms with E-state index in [-0.39, 0.29) is 17.7 Å². The maximum Gasteiger partial charge on any atom is 0.303 e. The topological polar surface area (TPSA) is 66.4 Å². The molecule has 0 aromatic heterocycles. The molecule has 0 radical (unpaired) electrons. The van der Waals surface area contributed by atoms with E-state index in [1.54, 1.807) is 6.07 Å². The van der Waals surface area contributed by atoms with Gasteiger partial charge in [-0.3, -0.25) is 9.59 Å². The van der Waals surface area contributed by atoms with E-state index in [1.165, 1.54) is 0 Å². The van der Waals surface area contributed by atoms with Gasteiger partial charge in [-0.1, -0.05) is 31.5 Å². The molecule has 4 nitrogen and oxygen atoms in total. The zero-order valence-electron chi connectivity index (χ0n) is 12.4.